The monoisotopic (exact) mass is 289 g/mol. The van der Waals surface area contributed by atoms with Crippen molar-refractivity contribution in [1.82, 2.24) is 4.90 Å². The molecule has 4 nitrogen and oxygen atoms in total. The lowest BCUT2D eigenvalue weighted by Crippen LogP contribution is -2.64. The van der Waals surface area contributed by atoms with E-state index in [2.05, 4.69) is 13.8 Å². The van der Waals surface area contributed by atoms with Gasteiger partial charge >= 0.3 is 0 Å². The summed E-state index contributed by atoms with van der Waals surface area (Å²) in [6.07, 6.45) is 2.19. The molecule has 1 amide bonds. The Kier molecular flexibility index (Phi) is 3.66. The first kappa shape index (κ1) is 14.4. The summed E-state index contributed by atoms with van der Waals surface area (Å²) in [7, 11) is 0. The van der Waals surface area contributed by atoms with Crippen molar-refractivity contribution in [3.63, 3.8) is 0 Å². The zero-order valence-corrected chi connectivity index (χ0v) is 12.7. The van der Waals surface area contributed by atoms with E-state index in [1.54, 1.807) is 17.0 Å². The molecule has 1 N–H and O–H groups in total. The lowest BCUT2D eigenvalue weighted by molar-refractivity contribution is -0.0958. The number of rotatable bonds is 5. The number of ether oxygens (including phenoxy) is 1. The number of amides is 1. The Labute approximate surface area is 125 Å². The molecule has 1 aromatic rings. The van der Waals surface area contributed by atoms with E-state index in [0.717, 1.165) is 18.6 Å². The van der Waals surface area contributed by atoms with E-state index in [1.165, 1.54) is 0 Å². The van der Waals surface area contributed by atoms with Crippen LogP contribution in [0.4, 0.5) is 0 Å². The molecule has 0 bridgehead atoms. The Morgan fingerprint density at radius 1 is 1.43 bits per heavy atom. The number of likely N-dealkylation sites (tertiary alicyclic amines) is 1. The molecule has 0 atom stereocenters. The van der Waals surface area contributed by atoms with Crippen LogP contribution in [0.1, 0.15) is 37.0 Å². The third-order valence-electron chi connectivity index (χ3n) is 4.22. The standard InChI is InChI=1S/C17H23NO3/c1-12(2)9-21-15-5-3-4-13(8-15)16(19)18-10-17(20,11-18)14-6-7-14/h3-5,8,12,14,20H,6-7,9-11H2,1-2H3. The molecule has 1 heterocycles. The van der Waals surface area contributed by atoms with E-state index >= 15 is 0 Å². The highest BCUT2D eigenvalue weighted by molar-refractivity contribution is 5.95. The number of β-amino-alcohol motifs (C(OH)–C–C–N with tert-alkyl or cyclic N) is 1. The van der Waals surface area contributed by atoms with Gasteiger partial charge in [-0.05, 0) is 42.9 Å². The number of hydrogen-bond donors (Lipinski definition) is 1. The van der Waals surface area contributed by atoms with Crippen LogP contribution >= 0.6 is 0 Å². The Bertz CT molecular complexity index is 531. The highest BCUT2D eigenvalue weighted by Gasteiger charge is 2.53. The molecule has 0 radical (unpaired) electrons. The summed E-state index contributed by atoms with van der Waals surface area (Å²) in [5.41, 5.74) is 0.00983. The van der Waals surface area contributed by atoms with Crippen LogP contribution in [0.2, 0.25) is 0 Å². The molecule has 2 fully saturated rings. The quantitative estimate of drug-likeness (QED) is 0.905. The van der Waals surface area contributed by atoms with E-state index in [4.69, 9.17) is 4.74 Å². The van der Waals surface area contributed by atoms with Crippen LogP contribution in [0.3, 0.4) is 0 Å². The Hall–Kier alpha value is -1.55. The number of benzene rings is 1. The van der Waals surface area contributed by atoms with E-state index in [1.807, 2.05) is 12.1 Å². The molecule has 0 unspecified atom stereocenters. The van der Waals surface area contributed by atoms with Gasteiger partial charge in [0.2, 0.25) is 0 Å². The highest BCUT2D eigenvalue weighted by Crippen LogP contribution is 2.44. The third kappa shape index (κ3) is 3.05. The fourth-order valence-corrected chi connectivity index (χ4v) is 2.80. The van der Waals surface area contributed by atoms with Gasteiger partial charge < -0.3 is 14.7 Å². The molecule has 1 saturated carbocycles. The second kappa shape index (κ2) is 5.34. The van der Waals surface area contributed by atoms with Crippen LogP contribution < -0.4 is 4.74 Å². The van der Waals surface area contributed by atoms with E-state index in [9.17, 15) is 9.90 Å². The van der Waals surface area contributed by atoms with Gasteiger partial charge in [-0.1, -0.05) is 19.9 Å². The maximum Gasteiger partial charge on any atom is 0.254 e. The van der Waals surface area contributed by atoms with Gasteiger partial charge in [0.15, 0.2) is 0 Å². The normalized spacial score (nSPS) is 20.3. The van der Waals surface area contributed by atoms with Crippen LogP contribution in [0.5, 0.6) is 5.75 Å². The smallest absolute Gasteiger partial charge is 0.254 e. The van der Waals surface area contributed by atoms with Crippen LogP contribution in [0, 0.1) is 11.8 Å². The fourth-order valence-electron chi connectivity index (χ4n) is 2.80. The van der Waals surface area contributed by atoms with Crippen molar-refractivity contribution >= 4 is 5.91 Å². The molecule has 3 rings (SSSR count). The third-order valence-corrected chi connectivity index (χ3v) is 4.22. The molecule has 1 aliphatic carbocycles. The predicted octanol–water partition coefficient (Wildman–Crippen LogP) is 2.32. The minimum absolute atomic E-state index is 0.0182. The van der Waals surface area contributed by atoms with Crippen molar-refractivity contribution in [2.75, 3.05) is 19.7 Å². The first-order chi connectivity index (χ1) is 9.98. The van der Waals surface area contributed by atoms with Gasteiger partial charge in [-0.15, -0.1) is 0 Å². The lowest BCUT2D eigenvalue weighted by atomic mass is 9.88. The summed E-state index contributed by atoms with van der Waals surface area (Å²) in [5.74, 6) is 1.57. The van der Waals surface area contributed by atoms with Crippen molar-refractivity contribution in [2.24, 2.45) is 11.8 Å². The second-order valence-electron chi connectivity index (χ2n) is 6.77. The number of hydrogen-bond acceptors (Lipinski definition) is 3. The number of carbonyl (C=O) groups excluding carboxylic acids is 1. The van der Waals surface area contributed by atoms with Crippen LogP contribution in [-0.4, -0.2) is 41.2 Å². The average molecular weight is 289 g/mol. The lowest BCUT2D eigenvalue weighted by Gasteiger charge is -2.47. The Morgan fingerprint density at radius 2 is 2.14 bits per heavy atom. The minimum Gasteiger partial charge on any atom is -0.493 e. The number of carbonyl (C=O) groups is 1. The predicted molar refractivity (Wildman–Crippen MR) is 80.4 cm³/mol. The van der Waals surface area contributed by atoms with Gasteiger partial charge in [0.25, 0.3) is 5.91 Å². The van der Waals surface area contributed by atoms with Gasteiger partial charge in [0.1, 0.15) is 11.4 Å². The molecule has 1 saturated heterocycles. The summed E-state index contributed by atoms with van der Waals surface area (Å²) < 4.78 is 5.66. The van der Waals surface area contributed by atoms with Gasteiger partial charge in [0.05, 0.1) is 19.7 Å². The largest absolute Gasteiger partial charge is 0.493 e. The Morgan fingerprint density at radius 3 is 2.76 bits per heavy atom. The first-order valence-electron chi connectivity index (χ1n) is 7.72. The number of nitrogens with zero attached hydrogens (tertiary/aromatic N) is 1. The maximum absolute atomic E-state index is 12.4. The summed E-state index contributed by atoms with van der Waals surface area (Å²) in [4.78, 5) is 14.1. The zero-order chi connectivity index (χ0) is 15.0. The molecule has 0 aromatic heterocycles. The summed E-state index contributed by atoms with van der Waals surface area (Å²) in [6.45, 7) is 5.76. The molecule has 2 aliphatic rings. The second-order valence-corrected chi connectivity index (χ2v) is 6.77. The summed E-state index contributed by atoms with van der Waals surface area (Å²) in [6, 6.07) is 7.31. The van der Waals surface area contributed by atoms with Gasteiger partial charge in [0, 0.05) is 5.56 Å². The van der Waals surface area contributed by atoms with Crippen LogP contribution in [-0.2, 0) is 0 Å². The van der Waals surface area contributed by atoms with Crippen LogP contribution in [0.25, 0.3) is 0 Å². The molecule has 114 valence electrons. The molecular formula is C17H23NO3. The zero-order valence-electron chi connectivity index (χ0n) is 12.7. The van der Waals surface area contributed by atoms with Crippen molar-refractivity contribution < 1.29 is 14.6 Å². The fraction of sp³-hybridized carbons (Fsp3) is 0.588. The number of aliphatic hydroxyl groups is 1. The maximum atomic E-state index is 12.4. The van der Waals surface area contributed by atoms with Crippen molar-refractivity contribution in [1.29, 1.82) is 0 Å². The highest BCUT2D eigenvalue weighted by atomic mass is 16.5. The van der Waals surface area contributed by atoms with E-state index in [-0.39, 0.29) is 5.91 Å². The van der Waals surface area contributed by atoms with Gasteiger partial charge in [-0.2, -0.15) is 0 Å². The summed E-state index contributed by atoms with van der Waals surface area (Å²) >= 11 is 0. The molecule has 1 aromatic carbocycles. The van der Waals surface area contributed by atoms with Crippen molar-refractivity contribution in [2.45, 2.75) is 32.3 Å². The average Bonchev–Trinajstić information content (AvgIpc) is 3.26. The van der Waals surface area contributed by atoms with Crippen molar-refractivity contribution in [3.8, 4) is 5.75 Å². The SMILES string of the molecule is CC(C)COc1cccc(C(=O)N2CC(O)(C3CC3)C2)c1. The van der Waals surface area contributed by atoms with E-state index < -0.39 is 5.60 Å². The van der Waals surface area contributed by atoms with Crippen molar-refractivity contribution in [3.05, 3.63) is 29.8 Å². The van der Waals surface area contributed by atoms with Gasteiger partial charge in [-0.25, -0.2) is 0 Å². The molecule has 4 heteroatoms. The van der Waals surface area contributed by atoms with Gasteiger partial charge in [-0.3, -0.25) is 4.79 Å². The summed E-state index contributed by atoms with van der Waals surface area (Å²) in [5, 5.41) is 10.3. The first-order valence-corrected chi connectivity index (χ1v) is 7.72. The Balaban J connectivity index is 1.61. The molecule has 0 spiro atoms. The van der Waals surface area contributed by atoms with Crippen LogP contribution in [0.15, 0.2) is 24.3 Å². The van der Waals surface area contributed by atoms with E-state index in [0.29, 0.717) is 37.1 Å². The molecule has 21 heavy (non-hydrogen) atoms. The molecule has 1 aliphatic heterocycles. The topological polar surface area (TPSA) is 49.8 Å². The molecular weight excluding hydrogens is 266 g/mol. The minimum atomic E-state index is -0.624.